The molecule has 0 saturated heterocycles. The van der Waals surface area contributed by atoms with E-state index in [0.29, 0.717) is 0 Å². The van der Waals surface area contributed by atoms with E-state index in [4.69, 9.17) is 0 Å². The summed E-state index contributed by atoms with van der Waals surface area (Å²) in [5.74, 6) is 0.733. The highest BCUT2D eigenvalue weighted by molar-refractivity contribution is 7.18. The Bertz CT molecular complexity index is 914. The van der Waals surface area contributed by atoms with Gasteiger partial charge >= 0.3 is 0 Å². The third kappa shape index (κ3) is 2.59. The van der Waals surface area contributed by atoms with E-state index in [0.717, 1.165) is 52.0 Å². The van der Waals surface area contributed by atoms with Crippen LogP contribution in [0.1, 0.15) is 30.2 Å². The summed E-state index contributed by atoms with van der Waals surface area (Å²) in [5, 5.41) is 0.872. The van der Waals surface area contributed by atoms with Crippen molar-refractivity contribution in [1.29, 1.82) is 0 Å². The Hall–Kier alpha value is -2.00. The van der Waals surface area contributed by atoms with Gasteiger partial charge in [0.15, 0.2) is 5.43 Å². The second kappa shape index (κ2) is 5.89. The molecule has 0 bridgehead atoms. The Morgan fingerprint density at radius 1 is 1.26 bits per heavy atom. The SMILES string of the molecule is CCC1CCc2c(sc3cc(-c4cccnc4)ccc3c2=O)C1. The molecule has 0 saturated carbocycles. The molecule has 0 aliphatic heterocycles. The zero-order valence-corrected chi connectivity index (χ0v) is 14.0. The number of hydrogen-bond donors (Lipinski definition) is 0. The van der Waals surface area contributed by atoms with Crippen molar-refractivity contribution in [3.8, 4) is 11.1 Å². The van der Waals surface area contributed by atoms with Crippen LogP contribution >= 0.6 is 11.3 Å². The maximum atomic E-state index is 12.8. The van der Waals surface area contributed by atoms with Gasteiger partial charge in [0, 0.05) is 38.5 Å². The van der Waals surface area contributed by atoms with Gasteiger partial charge in [-0.2, -0.15) is 0 Å². The number of hydrogen-bond acceptors (Lipinski definition) is 3. The molecule has 116 valence electrons. The number of pyridine rings is 1. The number of benzene rings is 1. The quantitative estimate of drug-likeness (QED) is 0.676. The second-order valence-electron chi connectivity index (χ2n) is 6.30. The minimum atomic E-state index is 0.251. The lowest BCUT2D eigenvalue weighted by Gasteiger charge is -2.22. The van der Waals surface area contributed by atoms with E-state index < -0.39 is 0 Å². The number of fused-ring (bicyclic) bond motifs is 2. The molecule has 0 N–H and O–H groups in total. The van der Waals surface area contributed by atoms with Crippen LogP contribution in [0, 0.1) is 5.92 Å². The second-order valence-corrected chi connectivity index (χ2v) is 7.44. The van der Waals surface area contributed by atoms with Crippen molar-refractivity contribution in [3.05, 3.63) is 63.4 Å². The van der Waals surface area contributed by atoms with Gasteiger partial charge < -0.3 is 0 Å². The summed E-state index contributed by atoms with van der Waals surface area (Å²) in [6.07, 6.45) is 8.03. The molecule has 0 radical (unpaired) electrons. The lowest BCUT2D eigenvalue weighted by Crippen LogP contribution is -2.20. The fourth-order valence-corrected chi connectivity index (χ4v) is 4.83. The highest BCUT2D eigenvalue weighted by Gasteiger charge is 2.21. The van der Waals surface area contributed by atoms with Gasteiger partial charge in [0.05, 0.1) is 0 Å². The summed E-state index contributed by atoms with van der Waals surface area (Å²) >= 11 is 1.81. The molecule has 3 aromatic rings. The molecule has 4 rings (SSSR count). The van der Waals surface area contributed by atoms with Crippen LogP contribution in [-0.4, -0.2) is 4.98 Å². The van der Waals surface area contributed by atoms with Crippen molar-refractivity contribution in [1.82, 2.24) is 4.98 Å². The first-order valence-corrected chi connectivity index (χ1v) is 9.07. The first-order valence-electron chi connectivity index (χ1n) is 8.25. The monoisotopic (exact) mass is 321 g/mol. The van der Waals surface area contributed by atoms with E-state index in [1.165, 1.54) is 11.3 Å². The summed E-state index contributed by atoms with van der Waals surface area (Å²) in [6, 6.07) is 10.2. The topological polar surface area (TPSA) is 30.0 Å². The molecular weight excluding hydrogens is 302 g/mol. The molecule has 0 spiro atoms. The fourth-order valence-electron chi connectivity index (χ4n) is 3.47. The van der Waals surface area contributed by atoms with Crippen LogP contribution in [0.15, 0.2) is 47.5 Å². The van der Waals surface area contributed by atoms with Crippen molar-refractivity contribution in [3.63, 3.8) is 0 Å². The molecule has 1 aliphatic rings. The van der Waals surface area contributed by atoms with Gasteiger partial charge in [-0.3, -0.25) is 9.78 Å². The first kappa shape index (κ1) is 14.6. The molecule has 0 amide bonds. The highest BCUT2D eigenvalue weighted by atomic mass is 32.1. The third-order valence-electron chi connectivity index (χ3n) is 4.92. The van der Waals surface area contributed by atoms with Crippen LogP contribution in [0.4, 0.5) is 0 Å². The molecular formula is C20H19NOS. The first-order chi connectivity index (χ1) is 11.3. The lowest BCUT2D eigenvalue weighted by atomic mass is 9.86. The summed E-state index contributed by atoms with van der Waals surface area (Å²) in [4.78, 5) is 18.3. The average molecular weight is 321 g/mol. The van der Waals surface area contributed by atoms with Crippen LogP contribution in [-0.2, 0) is 12.8 Å². The molecule has 0 fully saturated rings. The van der Waals surface area contributed by atoms with Crippen LogP contribution in [0.5, 0.6) is 0 Å². The van der Waals surface area contributed by atoms with Gasteiger partial charge in [-0.25, -0.2) is 0 Å². The normalized spacial score (nSPS) is 17.2. The van der Waals surface area contributed by atoms with Crippen LogP contribution in [0.25, 0.3) is 21.2 Å². The maximum Gasteiger partial charge on any atom is 0.191 e. The van der Waals surface area contributed by atoms with Crippen molar-refractivity contribution in [2.45, 2.75) is 32.6 Å². The Morgan fingerprint density at radius 3 is 2.96 bits per heavy atom. The van der Waals surface area contributed by atoms with Gasteiger partial charge in [-0.15, -0.1) is 11.3 Å². The predicted octanol–water partition coefficient (Wildman–Crippen LogP) is 4.84. The van der Waals surface area contributed by atoms with E-state index >= 15 is 0 Å². The van der Waals surface area contributed by atoms with E-state index in [9.17, 15) is 4.79 Å². The standard InChI is InChI=1S/C20H19NOS/c1-2-13-5-7-16-18(10-13)23-19-11-14(6-8-17(19)20(16)22)15-4-3-9-21-12-15/h3-4,6,8-9,11-13H,2,5,7,10H2,1H3. The highest BCUT2D eigenvalue weighted by Crippen LogP contribution is 2.33. The Balaban J connectivity index is 1.87. The van der Waals surface area contributed by atoms with Gasteiger partial charge in [-0.1, -0.05) is 25.5 Å². The average Bonchev–Trinajstić information content (AvgIpc) is 2.61. The smallest absolute Gasteiger partial charge is 0.191 e. The van der Waals surface area contributed by atoms with Crippen molar-refractivity contribution < 1.29 is 0 Å². The van der Waals surface area contributed by atoms with Crippen molar-refractivity contribution in [2.75, 3.05) is 0 Å². The van der Waals surface area contributed by atoms with Crippen molar-refractivity contribution in [2.24, 2.45) is 5.92 Å². The van der Waals surface area contributed by atoms with Crippen molar-refractivity contribution >= 4 is 21.4 Å². The third-order valence-corrected chi connectivity index (χ3v) is 6.14. The molecule has 1 aliphatic carbocycles. The van der Waals surface area contributed by atoms with Gasteiger partial charge in [-0.05, 0) is 48.9 Å². The van der Waals surface area contributed by atoms with Crippen LogP contribution in [0.2, 0.25) is 0 Å². The Labute approximate surface area is 139 Å². The Morgan fingerprint density at radius 2 is 2.17 bits per heavy atom. The molecule has 1 unspecified atom stereocenters. The van der Waals surface area contributed by atoms with Gasteiger partial charge in [0.1, 0.15) is 0 Å². The zero-order chi connectivity index (χ0) is 15.8. The Kier molecular flexibility index (Phi) is 3.74. The molecule has 3 heteroatoms. The van der Waals surface area contributed by atoms with Crippen LogP contribution in [0.3, 0.4) is 0 Å². The van der Waals surface area contributed by atoms with E-state index in [-0.39, 0.29) is 5.43 Å². The molecule has 1 atom stereocenters. The summed E-state index contributed by atoms with van der Waals surface area (Å²) in [5.41, 5.74) is 3.55. The number of nitrogens with zero attached hydrogens (tertiary/aromatic N) is 1. The summed E-state index contributed by atoms with van der Waals surface area (Å²) in [7, 11) is 0. The largest absolute Gasteiger partial charge is 0.289 e. The van der Waals surface area contributed by atoms with Gasteiger partial charge in [0.2, 0.25) is 0 Å². The van der Waals surface area contributed by atoms with E-state index in [1.54, 1.807) is 6.20 Å². The number of aromatic nitrogens is 1. The zero-order valence-electron chi connectivity index (χ0n) is 13.2. The van der Waals surface area contributed by atoms with E-state index in [2.05, 4.69) is 24.0 Å². The molecule has 2 heterocycles. The number of rotatable bonds is 2. The molecule has 2 aromatic heterocycles. The summed E-state index contributed by atoms with van der Waals surface area (Å²) < 4.78 is 1.10. The van der Waals surface area contributed by atoms with Gasteiger partial charge in [0.25, 0.3) is 0 Å². The minimum absolute atomic E-state index is 0.251. The minimum Gasteiger partial charge on any atom is -0.289 e. The lowest BCUT2D eigenvalue weighted by molar-refractivity contribution is 0.448. The molecule has 23 heavy (non-hydrogen) atoms. The summed E-state index contributed by atoms with van der Waals surface area (Å²) in [6.45, 7) is 2.25. The molecule has 2 nitrogen and oxygen atoms in total. The molecule has 1 aromatic carbocycles. The fraction of sp³-hybridized carbons (Fsp3) is 0.300. The van der Waals surface area contributed by atoms with Crippen LogP contribution < -0.4 is 5.43 Å². The maximum absolute atomic E-state index is 12.8. The van der Waals surface area contributed by atoms with E-state index in [1.807, 2.05) is 35.7 Å². The predicted molar refractivity (Wildman–Crippen MR) is 97.1 cm³/mol.